The first-order valence-electron chi connectivity index (χ1n) is 4.08. The van der Waals surface area contributed by atoms with Crippen LogP contribution in [0.25, 0.3) is 0 Å². The first kappa shape index (κ1) is 12.0. The van der Waals surface area contributed by atoms with E-state index in [9.17, 15) is 4.79 Å². The summed E-state index contributed by atoms with van der Waals surface area (Å²) >= 11 is 5.40. The Balaban J connectivity index is 3.03. The summed E-state index contributed by atoms with van der Waals surface area (Å²) in [6.45, 7) is 1.82. The minimum Gasteiger partial charge on any atom is -0.496 e. The average Bonchev–Trinajstić information content (AvgIpc) is 2.16. The molecule has 0 saturated heterocycles. The Morgan fingerprint density at radius 2 is 2.21 bits per heavy atom. The zero-order valence-electron chi connectivity index (χ0n) is 7.88. The smallest absolute Gasteiger partial charge is 0.176 e. The summed E-state index contributed by atoms with van der Waals surface area (Å²) in [5.41, 5.74) is 0.708. The van der Waals surface area contributed by atoms with E-state index >= 15 is 0 Å². The molecule has 1 unspecified atom stereocenters. The van der Waals surface area contributed by atoms with Gasteiger partial charge in [0.15, 0.2) is 5.78 Å². The normalized spacial score (nSPS) is 12.3. The molecule has 0 N–H and O–H groups in total. The number of hydrogen-bond donors (Lipinski definition) is 0. The number of carbonyl (C=O) groups excluding carboxylic acids is 1. The van der Waals surface area contributed by atoms with Gasteiger partial charge in [0.1, 0.15) is 5.75 Å². The quantitative estimate of drug-likeness (QED) is 0.465. The van der Waals surface area contributed by atoms with Gasteiger partial charge in [0.25, 0.3) is 0 Å². The molecule has 0 spiro atoms. The number of hydrogen-bond acceptors (Lipinski definition) is 2. The molecule has 14 heavy (non-hydrogen) atoms. The minimum absolute atomic E-state index is 0.0885. The lowest BCUT2D eigenvalue weighted by Crippen LogP contribution is -2.10. The summed E-state index contributed by atoms with van der Waals surface area (Å²) < 4.78 is 6.06. The lowest BCUT2D eigenvalue weighted by molar-refractivity contribution is 0.0996. The van der Waals surface area contributed by atoms with Crippen molar-refractivity contribution in [3.05, 3.63) is 27.3 Å². The molecule has 0 saturated carbocycles. The molecular weight excluding hydrogens is 359 g/mol. The second-order valence-electron chi connectivity index (χ2n) is 2.83. The number of carbonyl (C=O) groups is 1. The maximum Gasteiger partial charge on any atom is 0.176 e. The third kappa shape index (κ3) is 2.70. The van der Waals surface area contributed by atoms with Gasteiger partial charge in [-0.3, -0.25) is 4.79 Å². The summed E-state index contributed by atoms with van der Waals surface area (Å²) in [7, 11) is 1.62. The maximum atomic E-state index is 11.6. The van der Waals surface area contributed by atoms with Gasteiger partial charge in [-0.05, 0) is 47.7 Å². The Labute approximate surface area is 105 Å². The van der Waals surface area contributed by atoms with Crippen LogP contribution in [0.5, 0.6) is 5.75 Å². The van der Waals surface area contributed by atoms with Gasteiger partial charge in [-0.15, -0.1) is 0 Å². The van der Waals surface area contributed by atoms with Gasteiger partial charge < -0.3 is 4.74 Å². The molecule has 0 heterocycles. The van der Waals surface area contributed by atoms with E-state index in [1.807, 2.05) is 19.1 Å². The van der Waals surface area contributed by atoms with Crippen molar-refractivity contribution in [3.8, 4) is 5.75 Å². The number of Topliss-reactive ketones (excluding diaryl/α,β-unsaturated/α-hetero) is 1. The molecule has 0 aliphatic rings. The van der Waals surface area contributed by atoms with Gasteiger partial charge in [-0.1, -0.05) is 15.9 Å². The van der Waals surface area contributed by atoms with Crippen LogP contribution in [0, 0.1) is 3.57 Å². The zero-order chi connectivity index (χ0) is 10.7. The van der Waals surface area contributed by atoms with Crippen molar-refractivity contribution >= 4 is 44.3 Å². The van der Waals surface area contributed by atoms with Gasteiger partial charge in [-0.25, -0.2) is 0 Å². The van der Waals surface area contributed by atoms with Crippen LogP contribution < -0.4 is 4.74 Å². The van der Waals surface area contributed by atoms with Crippen LogP contribution in [-0.2, 0) is 0 Å². The van der Waals surface area contributed by atoms with Crippen molar-refractivity contribution in [1.82, 2.24) is 0 Å². The number of benzene rings is 1. The summed E-state index contributed by atoms with van der Waals surface area (Å²) in [6.07, 6.45) is 0. The number of methoxy groups -OCH3 is 1. The predicted molar refractivity (Wildman–Crippen MR) is 68.4 cm³/mol. The first-order valence-corrected chi connectivity index (χ1v) is 6.07. The summed E-state index contributed by atoms with van der Waals surface area (Å²) in [5, 5.41) is 0. The Morgan fingerprint density at radius 3 is 2.64 bits per heavy atom. The van der Waals surface area contributed by atoms with E-state index in [0.29, 0.717) is 5.56 Å². The summed E-state index contributed by atoms with van der Waals surface area (Å²) in [4.78, 5) is 11.5. The van der Waals surface area contributed by atoms with Crippen molar-refractivity contribution in [1.29, 1.82) is 0 Å². The van der Waals surface area contributed by atoms with Crippen molar-refractivity contribution in [2.75, 3.05) is 7.11 Å². The highest BCUT2D eigenvalue weighted by Crippen LogP contribution is 2.22. The highest BCUT2D eigenvalue weighted by Gasteiger charge is 2.13. The number of alkyl halides is 1. The fourth-order valence-electron chi connectivity index (χ4n) is 1.05. The van der Waals surface area contributed by atoms with Gasteiger partial charge in [-0.2, -0.15) is 0 Å². The molecule has 0 aromatic heterocycles. The fourth-order valence-corrected chi connectivity index (χ4v) is 2.05. The topological polar surface area (TPSA) is 26.3 Å². The van der Waals surface area contributed by atoms with Gasteiger partial charge >= 0.3 is 0 Å². The van der Waals surface area contributed by atoms with Crippen LogP contribution in [0.1, 0.15) is 17.3 Å². The molecule has 0 radical (unpaired) electrons. The van der Waals surface area contributed by atoms with Crippen molar-refractivity contribution in [2.45, 2.75) is 11.8 Å². The highest BCUT2D eigenvalue weighted by molar-refractivity contribution is 14.1. The van der Waals surface area contributed by atoms with Crippen molar-refractivity contribution < 1.29 is 9.53 Å². The molecule has 0 amide bonds. The van der Waals surface area contributed by atoms with E-state index in [4.69, 9.17) is 4.74 Å². The third-order valence-electron chi connectivity index (χ3n) is 1.80. The number of ether oxygens (including phenoxy) is 1. The Bertz CT molecular complexity index is 350. The third-order valence-corrected chi connectivity index (χ3v) is 3.06. The number of halogens is 2. The minimum atomic E-state index is -0.147. The molecule has 4 heteroatoms. The molecule has 1 aromatic carbocycles. The van der Waals surface area contributed by atoms with Crippen LogP contribution in [-0.4, -0.2) is 17.7 Å². The molecular formula is C10H10BrIO2. The lowest BCUT2D eigenvalue weighted by atomic mass is 10.1. The van der Waals surface area contributed by atoms with Crippen LogP contribution in [0.3, 0.4) is 0 Å². The van der Waals surface area contributed by atoms with Crippen LogP contribution in [0.4, 0.5) is 0 Å². The molecule has 0 bridgehead atoms. The molecule has 1 rings (SSSR count). The second kappa shape index (κ2) is 5.11. The number of rotatable bonds is 3. The molecule has 76 valence electrons. The molecule has 1 aromatic rings. The monoisotopic (exact) mass is 368 g/mol. The van der Waals surface area contributed by atoms with E-state index in [1.165, 1.54) is 0 Å². The largest absolute Gasteiger partial charge is 0.496 e. The SMILES string of the molecule is COc1ccc(C(=O)C(C)Br)cc1I. The van der Waals surface area contributed by atoms with Crippen molar-refractivity contribution in [2.24, 2.45) is 0 Å². The second-order valence-corrected chi connectivity index (χ2v) is 5.37. The van der Waals surface area contributed by atoms with Crippen LogP contribution >= 0.6 is 38.5 Å². The highest BCUT2D eigenvalue weighted by atomic mass is 127. The fraction of sp³-hybridized carbons (Fsp3) is 0.300. The Morgan fingerprint density at radius 1 is 1.57 bits per heavy atom. The van der Waals surface area contributed by atoms with E-state index in [-0.39, 0.29) is 10.6 Å². The predicted octanol–water partition coefficient (Wildman–Crippen LogP) is 3.27. The standard InChI is InChI=1S/C10H10BrIO2/c1-6(11)10(13)7-3-4-9(14-2)8(12)5-7/h3-6H,1-2H3. The first-order chi connectivity index (χ1) is 6.56. The van der Waals surface area contributed by atoms with Crippen LogP contribution in [0.2, 0.25) is 0 Å². The maximum absolute atomic E-state index is 11.6. The van der Waals surface area contributed by atoms with Crippen LogP contribution in [0.15, 0.2) is 18.2 Å². The Hall–Kier alpha value is -0.100. The zero-order valence-corrected chi connectivity index (χ0v) is 11.6. The van der Waals surface area contributed by atoms with Gasteiger partial charge in [0, 0.05) is 5.56 Å². The molecule has 2 nitrogen and oxygen atoms in total. The van der Waals surface area contributed by atoms with Gasteiger partial charge in [0.05, 0.1) is 15.5 Å². The van der Waals surface area contributed by atoms with E-state index in [2.05, 4.69) is 38.5 Å². The molecule has 0 fully saturated rings. The lowest BCUT2D eigenvalue weighted by Gasteiger charge is -2.06. The van der Waals surface area contributed by atoms with E-state index in [1.54, 1.807) is 13.2 Å². The summed E-state index contributed by atoms with van der Waals surface area (Å²) in [5.74, 6) is 0.884. The van der Waals surface area contributed by atoms with E-state index < -0.39 is 0 Å². The molecule has 0 aliphatic heterocycles. The molecule has 0 aliphatic carbocycles. The Kier molecular flexibility index (Phi) is 4.37. The van der Waals surface area contributed by atoms with Gasteiger partial charge in [0.2, 0.25) is 0 Å². The summed E-state index contributed by atoms with van der Waals surface area (Å²) in [6, 6.07) is 5.42. The van der Waals surface area contributed by atoms with E-state index in [0.717, 1.165) is 9.32 Å². The number of ketones is 1. The molecule has 1 atom stereocenters. The average molecular weight is 369 g/mol. The van der Waals surface area contributed by atoms with Crippen molar-refractivity contribution in [3.63, 3.8) is 0 Å².